The Morgan fingerprint density at radius 1 is 1.07 bits per heavy atom. The number of hydrogen-bond acceptors (Lipinski definition) is 5. The van der Waals surface area contributed by atoms with Crippen LogP contribution >= 0.6 is 39.3 Å². The van der Waals surface area contributed by atoms with Crippen LogP contribution in [0.25, 0.3) is 17.1 Å². The first-order valence-corrected chi connectivity index (χ1v) is 11.1. The monoisotopic (exact) mass is 499 g/mol. The fourth-order valence-electron chi connectivity index (χ4n) is 2.73. The molecule has 0 fully saturated rings. The number of thioether (sulfide) groups is 1. The van der Waals surface area contributed by atoms with Crippen LogP contribution in [0.15, 0.2) is 82.7 Å². The fraction of sp³-hybridized carbons (Fsp3) is 0.0476. The highest BCUT2D eigenvalue weighted by atomic mass is 79.9. The Hall–Kier alpha value is -2.68. The molecule has 0 saturated carbocycles. The van der Waals surface area contributed by atoms with Crippen molar-refractivity contribution in [1.82, 2.24) is 19.7 Å². The van der Waals surface area contributed by atoms with Crippen LogP contribution in [0.1, 0.15) is 0 Å². The number of pyridine rings is 1. The Balaban J connectivity index is 1.58. The Morgan fingerprint density at radius 2 is 1.83 bits per heavy atom. The molecule has 4 rings (SSSR count). The van der Waals surface area contributed by atoms with E-state index in [1.54, 1.807) is 36.7 Å². The van der Waals surface area contributed by atoms with Crippen LogP contribution in [-0.4, -0.2) is 31.4 Å². The number of aromatic nitrogens is 4. The molecule has 0 bridgehead atoms. The van der Waals surface area contributed by atoms with E-state index in [-0.39, 0.29) is 11.7 Å². The molecule has 0 unspecified atom stereocenters. The molecule has 2 aromatic carbocycles. The number of nitrogens with one attached hydrogen (secondary N) is 1. The van der Waals surface area contributed by atoms with Gasteiger partial charge in [0.2, 0.25) is 5.91 Å². The molecular formula is C21H15BrClN5OS. The number of rotatable bonds is 6. The average molecular weight is 501 g/mol. The van der Waals surface area contributed by atoms with Crippen molar-refractivity contribution in [3.8, 4) is 17.1 Å². The predicted molar refractivity (Wildman–Crippen MR) is 123 cm³/mol. The van der Waals surface area contributed by atoms with Gasteiger partial charge in [-0.2, -0.15) is 0 Å². The van der Waals surface area contributed by atoms with E-state index in [0.29, 0.717) is 21.7 Å². The van der Waals surface area contributed by atoms with Crippen molar-refractivity contribution >= 4 is 50.9 Å². The molecule has 0 aliphatic heterocycles. The molecule has 1 amide bonds. The summed E-state index contributed by atoms with van der Waals surface area (Å²) in [7, 11) is 0. The maximum atomic E-state index is 12.4. The highest BCUT2D eigenvalue weighted by Gasteiger charge is 2.17. The topological polar surface area (TPSA) is 72.7 Å². The van der Waals surface area contributed by atoms with Crippen molar-refractivity contribution in [2.45, 2.75) is 5.16 Å². The average Bonchev–Trinajstić information content (AvgIpc) is 3.19. The van der Waals surface area contributed by atoms with Crippen LogP contribution in [0.2, 0.25) is 5.02 Å². The third-order valence-electron chi connectivity index (χ3n) is 4.10. The Bertz CT molecular complexity index is 1150. The van der Waals surface area contributed by atoms with Gasteiger partial charge in [0.25, 0.3) is 0 Å². The SMILES string of the molecule is O=C(CSc1nnc(-c2cccnc2)n1-c1ccc(Br)cc1)Nc1ccc(Cl)cc1. The summed E-state index contributed by atoms with van der Waals surface area (Å²) in [5.74, 6) is 0.700. The third-order valence-corrected chi connectivity index (χ3v) is 5.81. The first-order valence-electron chi connectivity index (χ1n) is 8.90. The molecule has 4 aromatic rings. The molecule has 30 heavy (non-hydrogen) atoms. The zero-order valence-corrected chi connectivity index (χ0v) is 18.7. The van der Waals surface area contributed by atoms with Gasteiger partial charge >= 0.3 is 0 Å². The smallest absolute Gasteiger partial charge is 0.234 e. The van der Waals surface area contributed by atoms with Gasteiger partial charge in [0.1, 0.15) is 0 Å². The van der Waals surface area contributed by atoms with Crippen molar-refractivity contribution in [1.29, 1.82) is 0 Å². The summed E-state index contributed by atoms with van der Waals surface area (Å²) in [6.07, 6.45) is 3.45. The van der Waals surface area contributed by atoms with E-state index < -0.39 is 0 Å². The quantitative estimate of drug-likeness (QED) is 0.355. The third kappa shape index (κ3) is 4.89. The number of carbonyl (C=O) groups excluding carboxylic acids is 1. The van der Waals surface area contributed by atoms with E-state index in [1.807, 2.05) is 41.0 Å². The number of amides is 1. The predicted octanol–water partition coefficient (Wildman–Crippen LogP) is 5.48. The van der Waals surface area contributed by atoms with Gasteiger partial charge < -0.3 is 5.32 Å². The van der Waals surface area contributed by atoms with Crippen molar-refractivity contribution in [3.63, 3.8) is 0 Å². The second-order valence-electron chi connectivity index (χ2n) is 6.20. The molecule has 0 atom stereocenters. The lowest BCUT2D eigenvalue weighted by molar-refractivity contribution is -0.113. The minimum atomic E-state index is -0.143. The van der Waals surface area contributed by atoms with Crippen LogP contribution in [0.5, 0.6) is 0 Å². The highest BCUT2D eigenvalue weighted by Crippen LogP contribution is 2.28. The Labute approximate surface area is 190 Å². The van der Waals surface area contributed by atoms with Crippen LogP contribution in [0.4, 0.5) is 5.69 Å². The van der Waals surface area contributed by atoms with E-state index >= 15 is 0 Å². The maximum Gasteiger partial charge on any atom is 0.234 e. The minimum Gasteiger partial charge on any atom is -0.325 e. The second-order valence-corrected chi connectivity index (χ2v) is 8.50. The van der Waals surface area contributed by atoms with E-state index in [9.17, 15) is 4.79 Å². The van der Waals surface area contributed by atoms with Gasteiger partial charge in [-0.1, -0.05) is 39.3 Å². The number of hydrogen-bond donors (Lipinski definition) is 1. The largest absolute Gasteiger partial charge is 0.325 e. The van der Waals surface area contributed by atoms with Crippen molar-refractivity contribution < 1.29 is 4.79 Å². The lowest BCUT2D eigenvalue weighted by Crippen LogP contribution is -2.14. The summed E-state index contributed by atoms with van der Waals surface area (Å²) in [5, 5.41) is 12.8. The van der Waals surface area contributed by atoms with Crippen molar-refractivity contribution in [2.24, 2.45) is 0 Å². The van der Waals surface area contributed by atoms with Crippen LogP contribution in [-0.2, 0) is 4.79 Å². The van der Waals surface area contributed by atoms with Gasteiger partial charge in [-0.05, 0) is 60.7 Å². The summed E-state index contributed by atoms with van der Waals surface area (Å²) in [5.41, 5.74) is 2.42. The van der Waals surface area contributed by atoms with Crippen molar-refractivity contribution in [3.05, 3.63) is 82.6 Å². The second kappa shape index (κ2) is 9.42. The number of anilines is 1. The molecule has 0 aliphatic carbocycles. The summed E-state index contributed by atoms with van der Waals surface area (Å²) < 4.78 is 2.89. The highest BCUT2D eigenvalue weighted by molar-refractivity contribution is 9.10. The molecular weight excluding hydrogens is 486 g/mol. The van der Waals surface area contributed by atoms with Crippen LogP contribution in [0.3, 0.4) is 0 Å². The first kappa shape index (κ1) is 20.6. The van der Waals surface area contributed by atoms with Gasteiger partial charge in [0, 0.05) is 38.8 Å². The normalized spacial score (nSPS) is 10.7. The minimum absolute atomic E-state index is 0.143. The van der Waals surface area contributed by atoms with Gasteiger partial charge in [0.05, 0.1) is 5.75 Å². The first-order chi connectivity index (χ1) is 14.6. The van der Waals surface area contributed by atoms with Gasteiger partial charge in [-0.3, -0.25) is 14.3 Å². The molecule has 6 nitrogen and oxygen atoms in total. The van der Waals surface area contributed by atoms with E-state index in [0.717, 1.165) is 15.7 Å². The Kier molecular flexibility index (Phi) is 6.47. The molecule has 150 valence electrons. The molecule has 0 saturated heterocycles. The van der Waals surface area contributed by atoms with E-state index in [2.05, 4.69) is 36.4 Å². The van der Waals surface area contributed by atoms with Crippen LogP contribution in [0, 0.1) is 0 Å². The van der Waals surface area contributed by atoms with E-state index in [4.69, 9.17) is 11.6 Å². The van der Waals surface area contributed by atoms with Gasteiger partial charge in [-0.15, -0.1) is 10.2 Å². The maximum absolute atomic E-state index is 12.4. The number of carbonyl (C=O) groups is 1. The Morgan fingerprint density at radius 3 is 2.53 bits per heavy atom. The summed E-state index contributed by atoms with van der Waals surface area (Å²) in [6, 6.07) is 18.6. The summed E-state index contributed by atoms with van der Waals surface area (Å²) in [6.45, 7) is 0. The van der Waals surface area contributed by atoms with Gasteiger partial charge in [0.15, 0.2) is 11.0 Å². The zero-order valence-electron chi connectivity index (χ0n) is 15.5. The van der Waals surface area contributed by atoms with E-state index in [1.165, 1.54) is 11.8 Å². The van der Waals surface area contributed by atoms with Crippen LogP contribution < -0.4 is 5.32 Å². The standard InChI is InChI=1S/C21H15BrClN5OS/c22-15-3-9-18(10-4-15)28-20(14-2-1-11-24-12-14)26-27-21(28)30-13-19(29)25-17-7-5-16(23)6-8-17/h1-12H,13H2,(H,25,29). The number of halogens is 2. The van der Waals surface area contributed by atoms with Crippen molar-refractivity contribution in [2.75, 3.05) is 11.1 Å². The molecule has 2 aromatic heterocycles. The number of nitrogens with zero attached hydrogens (tertiary/aromatic N) is 4. The molecule has 0 aliphatic rings. The zero-order chi connectivity index (χ0) is 20.9. The molecule has 1 N–H and O–H groups in total. The molecule has 0 radical (unpaired) electrons. The summed E-state index contributed by atoms with van der Waals surface area (Å²) in [4.78, 5) is 16.6. The molecule has 0 spiro atoms. The lowest BCUT2D eigenvalue weighted by Gasteiger charge is -2.10. The molecule has 9 heteroatoms. The lowest BCUT2D eigenvalue weighted by atomic mass is 10.2. The number of benzene rings is 2. The molecule has 2 heterocycles. The summed E-state index contributed by atoms with van der Waals surface area (Å²) >= 11 is 10.7. The fourth-order valence-corrected chi connectivity index (χ4v) is 3.87. The van der Waals surface area contributed by atoms with Gasteiger partial charge in [-0.25, -0.2) is 0 Å².